The monoisotopic (exact) mass is 355 g/mol. The number of carbonyl (C=O) groups excluding carboxylic acids is 1. The van der Waals surface area contributed by atoms with E-state index < -0.39 is 18.0 Å². The van der Waals surface area contributed by atoms with Gasteiger partial charge in [0.05, 0.1) is 0 Å². The van der Waals surface area contributed by atoms with Crippen LogP contribution >= 0.6 is 0 Å². The highest BCUT2D eigenvalue weighted by molar-refractivity contribution is 5.83. The van der Waals surface area contributed by atoms with E-state index in [4.69, 9.17) is 0 Å². The molecule has 0 aromatic heterocycles. The molecule has 0 aliphatic heterocycles. The fourth-order valence-electron chi connectivity index (χ4n) is 2.64. The number of carboxylic acids is 1. The van der Waals surface area contributed by atoms with Crippen LogP contribution in [-0.2, 0) is 11.3 Å². The summed E-state index contributed by atoms with van der Waals surface area (Å²) in [5, 5.41) is 14.5. The van der Waals surface area contributed by atoms with Gasteiger partial charge in [-0.2, -0.15) is 0 Å². The second-order valence-electron chi connectivity index (χ2n) is 6.16. The molecule has 0 saturated carbocycles. The first kappa shape index (κ1) is 19.5. The molecular formula is C20H25N3O3. The smallest absolute Gasteiger partial charge is 0.330 e. The summed E-state index contributed by atoms with van der Waals surface area (Å²) in [6.07, 6.45) is 0.778. The van der Waals surface area contributed by atoms with Gasteiger partial charge in [0, 0.05) is 13.1 Å². The number of urea groups is 1. The van der Waals surface area contributed by atoms with E-state index in [0.717, 1.165) is 19.5 Å². The maximum Gasteiger partial charge on any atom is 0.330 e. The Balaban J connectivity index is 1.70. The van der Waals surface area contributed by atoms with E-state index in [-0.39, 0.29) is 0 Å². The summed E-state index contributed by atoms with van der Waals surface area (Å²) in [5.41, 5.74) is 1.78. The zero-order valence-corrected chi connectivity index (χ0v) is 14.9. The van der Waals surface area contributed by atoms with Crippen molar-refractivity contribution in [1.29, 1.82) is 0 Å². The Hall–Kier alpha value is -2.86. The van der Waals surface area contributed by atoms with Crippen LogP contribution in [0.1, 0.15) is 23.6 Å². The van der Waals surface area contributed by atoms with Gasteiger partial charge in [-0.1, -0.05) is 60.7 Å². The summed E-state index contributed by atoms with van der Waals surface area (Å²) in [6.45, 7) is 2.16. The van der Waals surface area contributed by atoms with Gasteiger partial charge < -0.3 is 20.6 Å². The van der Waals surface area contributed by atoms with Gasteiger partial charge >= 0.3 is 12.0 Å². The number of carboxylic acid groups (broad SMARTS) is 1. The molecule has 1 unspecified atom stereocenters. The van der Waals surface area contributed by atoms with Crippen molar-refractivity contribution in [3.8, 4) is 0 Å². The highest BCUT2D eigenvalue weighted by Gasteiger charge is 2.21. The number of nitrogens with zero attached hydrogens (tertiary/aromatic N) is 1. The van der Waals surface area contributed by atoms with Crippen LogP contribution in [0.2, 0.25) is 0 Å². The standard InChI is InChI=1S/C20H25N3O3/c1-23(15-16-9-4-2-5-10-16)14-8-13-21-20(26)22-18(19(24)25)17-11-6-3-7-12-17/h2-7,9-12,18H,8,13-15H2,1H3,(H,24,25)(H2,21,22,26). The van der Waals surface area contributed by atoms with Gasteiger partial charge in [-0.3, -0.25) is 0 Å². The lowest BCUT2D eigenvalue weighted by Crippen LogP contribution is -2.41. The molecule has 2 amide bonds. The summed E-state index contributed by atoms with van der Waals surface area (Å²) in [5.74, 6) is -1.09. The van der Waals surface area contributed by atoms with Gasteiger partial charge in [-0.05, 0) is 31.1 Å². The second kappa shape index (κ2) is 10.2. The van der Waals surface area contributed by atoms with Crippen LogP contribution in [0.5, 0.6) is 0 Å². The average molecular weight is 355 g/mol. The van der Waals surface area contributed by atoms with Crippen molar-refractivity contribution >= 4 is 12.0 Å². The summed E-state index contributed by atoms with van der Waals surface area (Å²) in [7, 11) is 2.03. The third-order valence-electron chi connectivity index (χ3n) is 3.95. The van der Waals surface area contributed by atoms with Crippen LogP contribution in [0, 0.1) is 0 Å². The van der Waals surface area contributed by atoms with Crippen LogP contribution in [0.15, 0.2) is 60.7 Å². The molecular weight excluding hydrogens is 330 g/mol. The van der Waals surface area contributed by atoms with E-state index in [2.05, 4.69) is 27.7 Å². The van der Waals surface area contributed by atoms with Gasteiger partial charge in [-0.25, -0.2) is 9.59 Å². The Morgan fingerprint density at radius 1 is 1.04 bits per heavy atom. The van der Waals surface area contributed by atoms with Crippen LogP contribution in [0.4, 0.5) is 4.79 Å². The molecule has 138 valence electrons. The highest BCUT2D eigenvalue weighted by atomic mass is 16.4. The number of benzene rings is 2. The Labute approximate surface area is 153 Å². The van der Waals surface area contributed by atoms with E-state index in [1.165, 1.54) is 5.56 Å². The molecule has 0 fully saturated rings. The Kier molecular flexibility index (Phi) is 7.64. The van der Waals surface area contributed by atoms with E-state index in [9.17, 15) is 14.7 Å². The summed E-state index contributed by atoms with van der Waals surface area (Å²) < 4.78 is 0. The summed E-state index contributed by atoms with van der Waals surface area (Å²) in [6, 6.07) is 17.3. The normalized spacial score (nSPS) is 11.8. The SMILES string of the molecule is CN(CCCNC(=O)NC(C(=O)O)c1ccccc1)Cc1ccccc1. The molecule has 2 aromatic carbocycles. The number of carbonyl (C=O) groups is 2. The number of nitrogens with one attached hydrogen (secondary N) is 2. The molecule has 0 spiro atoms. The van der Waals surface area contributed by atoms with Crippen LogP contribution in [-0.4, -0.2) is 42.1 Å². The minimum absolute atomic E-state index is 0.478. The topological polar surface area (TPSA) is 81.7 Å². The molecule has 3 N–H and O–H groups in total. The first-order chi connectivity index (χ1) is 12.6. The summed E-state index contributed by atoms with van der Waals surface area (Å²) in [4.78, 5) is 25.5. The van der Waals surface area contributed by atoms with E-state index in [1.807, 2.05) is 25.2 Å². The third kappa shape index (κ3) is 6.57. The lowest BCUT2D eigenvalue weighted by molar-refractivity contribution is -0.139. The largest absolute Gasteiger partial charge is 0.479 e. The maximum absolute atomic E-state index is 12.0. The van der Waals surface area contributed by atoms with Gasteiger partial charge in [0.15, 0.2) is 6.04 Å². The lowest BCUT2D eigenvalue weighted by Gasteiger charge is -2.18. The number of amides is 2. The molecule has 0 bridgehead atoms. The molecule has 0 heterocycles. The van der Waals surface area contributed by atoms with Crippen molar-refractivity contribution in [2.75, 3.05) is 20.1 Å². The predicted molar refractivity (Wildman–Crippen MR) is 101 cm³/mol. The number of hydrogen-bond acceptors (Lipinski definition) is 3. The highest BCUT2D eigenvalue weighted by Crippen LogP contribution is 2.12. The quantitative estimate of drug-likeness (QED) is 0.604. The van der Waals surface area contributed by atoms with Crippen molar-refractivity contribution in [3.05, 3.63) is 71.8 Å². The minimum atomic E-state index is -1.09. The molecule has 2 rings (SSSR count). The minimum Gasteiger partial charge on any atom is -0.479 e. The first-order valence-corrected chi connectivity index (χ1v) is 8.61. The van der Waals surface area contributed by atoms with Gasteiger partial charge in [0.1, 0.15) is 0 Å². The lowest BCUT2D eigenvalue weighted by atomic mass is 10.1. The molecule has 6 heteroatoms. The van der Waals surface area contributed by atoms with Crippen molar-refractivity contribution in [2.45, 2.75) is 19.0 Å². The predicted octanol–water partition coefficient (Wildman–Crippen LogP) is 2.63. The van der Waals surface area contributed by atoms with E-state index in [1.54, 1.807) is 30.3 Å². The molecule has 0 radical (unpaired) electrons. The number of aliphatic carboxylic acids is 1. The zero-order chi connectivity index (χ0) is 18.8. The zero-order valence-electron chi connectivity index (χ0n) is 14.9. The Bertz CT molecular complexity index is 692. The van der Waals surface area contributed by atoms with Crippen molar-refractivity contribution in [2.24, 2.45) is 0 Å². The molecule has 2 aromatic rings. The molecule has 6 nitrogen and oxygen atoms in total. The average Bonchev–Trinajstić information content (AvgIpc) is 2.64. The van der Waals surface area contributed by atoms with Crippen LogP contribution < -0.4 is 10.6 Å². The molecule has 26 heavy (non-hydrogen) atoms. The summed E-state index contributed by atoms with van der Waals surface area (Å²) >= 11 is 0. The fourth-order valence-corrected chi connectivity index (χ4v) is 2.64. The molecule has 1 atom stereocenters. The van der Waals surface area contributed by atoms with Crippen molar-refractivity contribution < 1.29 is 14.7 Å². The van der Waals surface area contributed by atoms with Crippen LogP contribution in [0.3, 0.4) is 0 Å². The number of rotatable bonds is 9. The van der Waals surface area contributed by atoms with Gasteiger partial charge in [-0.15, -0.1) is 0 Å². The fraction of sp³-hybridized carbons (Fsp3) is 0.300. The van der Waals surface area contributed by atoms with Crippen LogP contribution in [0.25, 0.3) is 0 Å². The molecule has 0 saturated heterocycles. The maximum atomic E-state index is 12.0. The number of hydrogen-bond donors (Lipinski definition) is 3. The van der Waals surface area contributed by atoms with E-state index in [0.29, 0.717) is 12.1 Å². The second-order valence-corrected chi connectivity index (χ2v) is 6.16. The Morgan fingerprint density at radius 3 is 2.27 bits per heavy atom. The van der Waals surface area contributed by atoms with Crippen molar-refractivity contribution in [3.63, 3.8) is 0 Å². The third-order valence-corrected chi connectivity index (χ3v) is 3.95. The molecule has 0 aliphatic carbocycles. The first-order valence-electron chi connectivity index (χ1n) is 8.61. The molecule has 0 aliphatic rings. The van der Waals surface area contributed by atoms with Gasteiger partial charge in [0.2, 0.25) is 0 Å². The van der Waals surface area contributed by atoms with E-state index >= 15 is 0 Å². The van der Waals surface area contributed by atoms with Gasteiger partial charge in [0.25, 0.3) is 0 Å². The van der Waals surface area contributed by atoms with Crippen molar-refractivity contribution in [1.82, 2.24) is 15.5 Å². The Morgan fingerprint density at radius 2 is 1.65 bits per heavy atom.